The predicted molar refractivity (Wildman–Crippen MR) is 104 cm³/mol. The molecule has 0 aliphatic rings. The molecule has 0 aliphatic heterocycles. The summed E-state index contributed by atoms with van der Waals surface area (Å²) < 4.78 is 5.47. The number of nitrogens with one attached hydrogen (secondary N) is 2. The lowest BCUT2D eigenvalue weighted by Crippen LogP contribution is -2.42. The van der Waals surface area contributed by atoms with Crippen molar-refractivity contribution in [2.24, 2.45) is 4.99 Å². The van der Waals surface area contributed by atoms with Gasteiger partial charge in [-0.15, -0.1) is 24.0 Å². The third kappa shape index (κ3) is 5.84. The average Bonchev–Trinajstić information content (AvgIpc) is 3.04. The van der Waals surface area contributed by atoms with Crippen LogP contribution in [-0.2, 0) is 11.3 Å². The molecule has 2 N–H and O–H groups in total. The number of aliphatic imine (C=N–C) groups is 1. The van der Waals surface area contributed by atoms with Crippen molar-refractivity contribution in [3.8, 4) is 11.5 Å². The van der Waals surface area contributed by atoms with Crippen molar-refractivity contribution in [1.29, 1.82) is 0 Å². The molecule has 0 bridgehead atoms. The molecule has 0 atom stereocenters. The Labute approximate surface area is 158 Å². The molecule has 1 aromatic carbocycles. The van der Waals surface area contributed by atoms with Crippen LogP contribution in [0.4, 0.5) is 0 Å². The van der Waals surface area contributed by atoms with Crippen LogP contribution in [0.2, 0.25) is 0 Å². The van der Waals surface area contributed by atoms with E-state index < -0.39 is 0 Å². The first-order valence-electron chi connectivity index (χ1n) is 7.24. The van der Waals surface area contributed by atoms with E-state index in [0.29, 0.717) is 18.4 Å². The normalized spacial score (nSPS) is 10.7. The minimum atomic E-state index is -0.0271. The highest BCUT2D eigenvalue weighted by Gasteiger charge is 2.08. The van der Waals surface area contributed by atoms with Crippen molar-refractivity contribution in [2.45, 2.75) is 6.54 Å². The van der Waals surface area contributed by atoms with Gasteiger partial charge in [-0.1, -0.05) is 18.2 Å². The number of hydrogen-bond donors (Lipinski definition) is 2. The van der Waals surface area contributed by atoms with Gasteiger partial charge in [-0.3, -0.25) is 9.79 Å². The second-order valence-electron chi connectivity index (χ2n) is 5.08. The first-order valence-corrected chi connectivity index (χ1v) is 7.24. The number of oxazole rings is 1. The first-order chi connectivity index (χ1) is 11.1. The van der Waals surface area contributed by atoms with Crippen LogP contribution in [0, 0.1) is 0 Å². The van der Waals surface area contributed by atoms with Gasteiger partial charge in [-0.05, 0) is 12.1 Å². The molecule has 2 rings (SSSR count). The van der Waals surface area contributed by atoms with Crippen LogP contribution >= 0.6 is 24.0 Å². The van der Waals surface area contributed by atoms with Gasteiger partial charge in [0, 0.05) is 26.7 Å². The lowest BCUT2D eigenvalue weighted by Gasteiger charge is -2.13. The van der Waals surface area contributed by atoms with Gasteiger partial charge >= 0.3 is 0 Å². The smallest absolute Gasteiger partial charge is 0.241 e. The van der Waals surface area contributed by atoms with Crippen LogP contribution in [0.25, 0.3) is 11.5 Å². The molecule has 1 heterocycles. The number of amides is 1. The molecule has 0 spiro atoms. The monoisotopic (exact) mass is 443 g/mol. The summed E-state index contributed by atoms with van der Waals surface area (Å²) in [5.41, 5.74) is 1.68. The summed E-state index contributed by atoms with van der Waals surface area (Å²) in [5, 5.41) is 6.04. The Balaban J connectivity index is 0.00000288. The Morgan fingerprint density at radius 1 is 1.25 bits per heavy atom. The van der Waals surface area contributed by atoms with Gasteiger partial charge < -0.3 is 20.0 Å². The van der Waals surface area contributed by atoms with Crippen LogP contribution < -0.4 is 10.6 Å². The van der Waals surface area contributed by atoms with Crippen LogP contribution in [0.15, 0.2) is 46.0 Å². The van der Waals surface area contributed by atoms with Crippen molar-refractivity contribution in [3.05, 3.63) is 42.3 Å². The van der Waals surface area contributed by atoms with Gasteiger partial charge in [0.1, 0.15) is 6.26 Å². The van der Waals surface area contributed by atoms with Gasteiger partial charge in [0.05, 0.1) is 18.8 Å². The molecule has 24 heavy (non-hydrogen) atoms. The molecule has 1 aromatic heterocycles. The van der Waals surface area contributed by atoms with E-state index in [-0.39, 0.29) is 36.4 Å². The van der Waals surface area contributed by atoms with Crippen LogP contribution in [-0.4, -0.2) is 49.4 Å². The molecule has 2 aromatic rings. The number of nitrogens with zero attached hydrogens (tertiary/aromatic N) is 3. The topological polar surface area (TPSA) is 82.8 Å². The van der Waals surface area contributed by atoms with E-state index in [4.69, 9.17) is 4.42 Å². The summed E-state index contributed by atoms with van der Waals surface area (Å²) in [6.45, 7) is 0.632. The highest BCUT2D eigenvalue weighted by molar-refractivity contribution is 14.0. The Bertz CT molecular complexity index is 670. The highest BCUT2D eigenvalue weighted by Crippen LogP contribution is 2.17. The number of aromatic nitrogens is 1. The molecule has 0 saturated carbocycles. The molecule has 8 heteroatoms. The molecule has 0 fully saturated rings. The summed E-state index contributed by atoms with van der Waals surface area (Å²) in [5.74, 6) is 1.08. The maximum absolute atomic E-state index is 11.6. The number of halogens is 1. The molecule has 7 nitrogen and oxygen atoms in total. The minimum Gasteiger partial charge on any atom is -0.444 e. The summed E-state index contributed by atoms with van der Waals surface area (Å²) >= 11 is 0. The number of likely N-dealkylation sites (N-methyl/N-ethyl adjacent to an activating group) is 1. The van der Waals surface area contributed by atoms with Crippen molar-refractivity contribution < 1.29 is 9.21 Å². The zero-order valence-electron chi connectivity index (χ0n) is 13.9. The SMILES string of the molecule is CN=C(NCC(=O)N(C)C)NCc1coc(-c2ccccc2)n1.I. The Morgan fingerprint density at radius 2 is 1.96 bits per heavy atom. The standard InChI is InChI=1S/C16H21N5O2.HI/c1-17-16(19-10-14(22)21(2)3)18-9-13-11-23-15(20-13)12-7-5-4-6-8-12;/h4-8,11H,9-10H2,1-3H3,(H2,17,18,19);1H. The second kappa shape index (κ2) is 9.91. The highest BCUT2D eigenvalue weighted by atomic mass is 127. The van der Waals surface area contributed by atoms with E-state index in [1.165, 1.54) is 4.90 Å². The van der Waals surface area contributed by atoms with Crippen molar-refractivity contribution in [2.75, 3.05) is 27.7 Å². The zero-order chi connectivity index (χ0) is 16.7. The van der Waals surface area contributed by atoms with Gasteiger partial charge in [0.25, 0.3) is 0 Å². The first kappa shape index (κ1) is 19.9. The predicted octanol–water partition coefficient (Wildman–Crippen LogP) is 1.71. The van der Waals surface area contributed by atoms with Crippen molar-refractivity contribution in [3.63, 3.8) is 0 Å². The number of hydrogen-bond acceptors (Lipinski definition) is 4. The van der Waals surface area contributed by atoms with E-state index in [1.54, 1.807) is 27.4 Å². The fraction of sp³-hybridized carbons (Fsp3) is 0.312. The largest absolute Gasteiger partial charge is 0.444 e. The Hall–Kier alpha value is -2.10. The molecule has 130 valence electrons. The quantitative estimate of drug-likeness (QED) is 0.418. The maximum Gasteiger partial charge on any atom is 0.241 e. The Kier molecular flexibility index (Phi) is 8.24. The van der Waals surface area contributed by atoms with Crippen LogP contribution in [0.3, 0.4) is 0 Å². The van der Waals surface area contributed by atoms with E-state index >= 15 is 0 Å². The lowest BCUT2D eigenvalue weighted by molar-refractivity contribution is -0.127. The van der Waals surface area contributed by atoms with Gasteiger partial charge in [-0.2, -0.15) is 0 Å². The lowest BCUT2D eigenvalue weighted by atomic mass is 10.2. The zero-order valence-corrected chi connectivity index (χ0v) is 16.3. The van der Waals surface area contributed by atoms with E-state index in [0.717, 1.165) is 11.3 Å². The minimum absolute atomic E-state index is 0. The number of carbonyl (C=O) groups excluding carboxylic acids is 1. The number of guanidine groups is 1. The van der Waals surface area contributed by atoms with Crippen LogP contribution in [0.1, 0.15) is 5.69 Å². The Morgan fingerprint density at radius 3 is 2.58 bits per heavy atom. The summed E-state index contributed by atoms with van der Waals surface area (Å²) in [6.07, 6.45) is 1.60. The van der Waals surface area contributed by atoms with Crippen LogP contribution in [0.5, 0.6) is 0 Å². The summed E-state index contributed by atoms with van der Waals surface area (Å²) in [7, 11) is 5.06. The number of benzene rings is 1. The summed E-state index contributed by atoms with van der Waals surface area (Å²) in [6, 6.07) is 9.70. The third-order valence-electron chi connectivity index (χ3n) is 3.14. The van der Waals surface area contributed by atoms with E-state index in [1.807, 2.05) is 30.3 Å². The molecular formula is C16H22IN5O2. The van der Waals surface area contributed by atoms with Crippen molar-refractivity contribution >= 4 is 35.8 Å². The van der Waals surface area contributed by atoms with E-state index in [9.17, 15) is 4.79 Å². The third-order valence-corrected chi connectivity index (χ3v) is 3.14. The second-order valence-corrected chi connectivity index (χ2v) is 5.08. The molecule has 0 saturated heterocycles. The molecule has 1 amide bonds. The molecular weight excluding hydrogens is 421 g/mol. The maximum atomic E-state index is 11.6. The van der Waals surface area contributed by atoms with Gasteiger partial charge in [0.15, 0.2) is 5.96 Å². The summed E-state index contributed by atoms with van der Waals surface area (Å²) in [4.78, 5) is 21.6. The van der Waals surface area contributed by atoms with Gasteiger partial charge in [0.2, 0.25) is 11.8 Å². The fourth-order valence-corrected chi connectivity index (χ4v) is 1.81. The number of carbonyl (C=O) groups is 1. The molecule has 0 aliphatic carbocycles. The van der Waals surface area contributed by atoms with Gasteiger partial charge in [-0.25, -0.2) is 4.98 Å². The fourth-order valence-electron chi connectivity index (χ4n) is 1.81. The van der Waals surface area contributed by atoms with Crippen molar-refractivity contribution in [1.82, 2.24) is 20.5 Å². The number of rotatable bonds is 5. The average molecular weight is 443 g/mol. The molecule has 0 radical (unpaired) electrons. The molecule has 0 unspecified atom stereocenters. The van der Waals surface area contributed by atoms with E-state index in [2.05, 4.69) is 20.6 Å².